The molecular formula is C6H8B2O3S. The second-order valence-corrected chi connectivity index (χ2v) is 2.87. The Morgan fingerprint density at radius 3 is 2.50 bits per heavy atom. The lowest BCUT2D eigenvalue weighted by atomic mass is 9.75. The Labute approximate surface area is 78.1 Å². The first-order valence-corrected chi connectivity index (χ1v) is 4.44. The summed E-state index contributed by atoms with van der Waals surface area (Å²) in [6.07, 6.45) is 0.418. The van der Waals surface area contributed by atoms with Gasteiger partial charge < -0.3 is 10.2 Å². The Hall–Kier alpha value is -0.350. The molecule has 0 spiro atoms. The van der Waals surface area contributed by atoms with Crippen LogP contribution in [0.2, 0.25) is 5.82 Å². The fraction of sp³-hybridized carbons (Fsp3) is 0.500. The van der Waals surface area contributed by atoms with Gasteiger partial charge in [-0.1, -0.05) is 5.47 Å². The van der Waals surface area contributed by atoms with Gasteiger partial charge in [-0.15, -0.1) is 11.8 Å². The number of thioether (sulfide) groups is 1. The molecule has 6 heteroatoms. The van der Waals surface area contributed by atoms with Crippen LogP contribution in [0.15, 0.2) is 10.9 Å². The molecule has 0 aliphatic carbocycles. The lowest BCUT2D eigenvalue weighted by Gasteiger charge is -2.15. The number of aliphatic hydroxyl groups excluding tert-OH is 1. The van der Waals surface area contributed by atoms with E-state index in [1.165, 1.54) is 17.2 Å². The molecule has 0 fully saturated rings. The summed E-state index contributed by atoms with van der Waals surface area (Å²) in [5.41, 5.74) is 0.0670. The van der Waals surface area contributed by atoms with Gasteiger partial charge in [0.05, 0.1) is 14.0 Å². The van der Waals surface area contributed by atoms with Gasteiger partial charge in [0, 0.05) is 5.82 Å². The van der Waals surface area contributed by atoms with E-state index in [1.807, 2.05) is 0 Å². The van der Waals surface area contributed by atoms with E-state index in [2.05, 4.69) is 0 Å². The average Bonchev–Trinajstić information content (AvgIpc) is 2.02. The van der Waals surface area contributed by atoms with Crippen molar-refractivity contribution in [2.75, 3.05) is 6.26 Å². The minimum Gasteiger partial charge on any atom is -0.481 e. The molecule has 2 N–H and O–H groups in total. The molecule has 62 valence electrons. The summed E-state index contributed by atoms with van der Waals surface area (Å²) in [4.78, 5) is 10.3. The molecule has 0 aromatic rings. The van der Waals surface area contributed by atoms with Gasteiger partial charge in [-0.3, -0.25) is 4.79 Å². The molecule has 3 nitrogen and oxygen atoms in total. The SMILES string of the molecule is [B]/C(=C\SC)C(O)C([B])C(=O)O. The molecule has 4 radical (unpaired) electrons. The molecule has 0 aliphatic heterocycles. The number of rotatable bonds is 4. The highest BCUT2D eigenvalue weighted by molar-refractivity contribution is 8.01. The van der Waals surface area contributed by atoms with E-state index in [1.54, 1.807) is 6.26 Å². The minimum absolute atomic E-state index is 0.0670. The molecule has 0 aliphatic rings. The number of hydrogen-bond acceptors (Lipinski definition) is 3. The van der Waals surface area contributed by atoms with E-state index in [9.17, 15) is 9.90 Å². The van der Waals surface area contributed by atoms with Gasteiger partial charge in [-0.05, 0) is 11.7 Å². The van der Waals surface area contributed by atoms with Crippen LogP contribution in [-0.4, -0.2) is 44.2 Å². The average molecular weight is 182 g/mol. The van der Waals surface area contributed by atoms with Crippen LogP contribution in [0.5, 0.6) is 0 Å². The molecule has 0 saturated heterocycles. The zero-order valence-corrected chi connectivity index (χ0v) is 7.41. The first kappa shape index (κ1) is 11.6. The molecule has 2 unspecified atom stereocenters. The van der Waals surface area contributed by atoms with E-state index in [-0.39, 0.29) is 5.47 Å². The van der Waals surface area contributed by atoms with Crippen molar-refractivity contribution < 1.29 is 15.0 Å². The van der Waals surface area contributed by atoms with Crippen LogP contribution in [-0.2, 0) is 4.79 Å². The number of hydrogen-bond donors (Lipinski definition) is 2. The standard InChI is InChI=1S/C6H8B2O3S/c1-12-2-3(7)5(9)4(8)6(10)11/h2,4-5,9H,1H3,(H,10,11)/b3-2-. The molecule has 0 saturated carbocycles. The summed E-state index contributed by atoms with van der Waals surface area (Å²) >= 11 is 1.27. The predicted molar refractivity (Wildman–Crippen MR) is 50.5 cm³/mol. The van der Waals surface area contributed by atoms with Crippen LogP contribution in [0, 0.1) is 0 Å². The largest absolute Gasteiger partial charge is 0.481 e. The summed E-state index contributed by atoms with van der Waals surface area (Å²) in [6.45, 7) is 0. The first-order valence-electron chi connectivity index (χ1n) is 3.15. The highest BCUT2D eigenvalue weighted by atomic mass is 32.2. The molecular weight excluding hydrogens is 174 g/mol. The number of aliphatic hydroxyl groups is 1. The van der Waals surface area contributed by atoms with Crippen molar-refractivity contribution in [1.82, 2.24) is 0 Å². The molecule has 0 heterocycles. The van der Waals surface area contributed by atoms with Crippen LogP contribution >= 0.6 is 11.8 Å². The van der Waals surface area contributed by atoms with Crippen molar-refractivity contribution in [3.05, 3.63) is 10.9 Å². The van der Waals surface area contributed by atoms with Crippen molar-refractivity contribution in [2.24, 2.45) is 0 Å². The van der Waals surface area contributed by atoms with Crippen molar-refractivity contribution in [1.29, 1.82) is 0 Å². The quantitative estimate of drug-likeness (QED) is 0.589. The van der Waals surface area contributed by atoms with Gasteiger partial charge in [0.25, 0.3) is 5.97 Å². The molecule has 12 heavy (non-hydrogen) atoms. The molecule has 0 amide bonds. The topological polar surface area (TPSA) is 57.5 Å². The zero-order chi connectivity index (χ0) is 9.72. The number of carbonyl (C=O) groups is 1. The zero-order valence-electron chi connectivity index (χ0n) is 6.60. The van der Waals surface area contributed by atoms with Gasteiger partial charge in [-0.2, -0.15) is 0 Å². The van der Waals surface area contributed by atoms with E-state index in [0.29, 0.717) is 0 Å². The van der Waals surface area contributed by atoms with Gasteiger partial charge >= 0.3 is 0 Å². The highest BCUT2D eigenvalue weighted by Crippen LogP contribution is 2.15. The highest BCUT2D eigenvalue weighted by Gasteiger charge is 2.21. The molecule has 2 atom stereocenters. The lowest BCUT2D eigenvalue weighted by Crippen LogP contribution is -2.24. The maximum Gasteiger partial charge on any atom is 0.300 e. The van der Waals surface area contributed by atoms with Crippen LogP contribution in [0.1, 0.15) is 0 Å². The summed E-state index contributed by atoms with van der Waals surface area (Å²) in [5, 5.41) is 19.0. The summed E-state index contributed by atoms with van der Waals surface area (Å²) in [7, 11) is 10.4. The predicted octanol–water partition coefficient (Wildman–Crippen LogP) is -0.238. The Morgan fingerprint density at radius 1 is 1.67 bits per heavy atom. The third-order valence-electron chi connectivity index (χ3n) is 1.22. The number of carboxylic acid groups (broad SMARTS) is 1. The second-order valence-electron chi connectivity index (χ2n) is 2.16. The Bertz CT molecular complexity index is 195. The van der Waals surface area contributed by atoms with Crippen LogP contribution in [0.3, 0.4) is 0 Å². The van der Waals surface area contributed by atoms with Gasteiger partial charge in [-0.25, -0.2) is 0 Å². The Kier molecular flexibility index (Phi) is 5.17. The first-order chi connectivity index (χ1) is 5.50. The normalized spacial score (nSPS) is 17.0. The van der Waals surface area contributed by atoms with Crippen LogP contribution in [0.4, 0.5) is 0 Å². The maximum absolute atomic E-state index is 10.3. The molecule has 0 aromatic heterocycles. The molecule has 0 bridgehead atoms. The Morgan fingerprint density at radius 2 is 2.17 bits per heavy atom. The van der Waals surface area contributed by atoms with E-state index in [0.717, 1.165) is 0 Å². The van der Waals surface area contributed by atoms with Crippen molar-refractivity contribution >= 4 is 33.4 Å². The van der Waals surface area contributed by atoms with E-state index in [4.69, 9.17) is 20.8 Å². The Balaban J connectivity index is 4.28. The maximum atomic E-state index is 10.3. The lowest BCUT2D eigenvalue weighted by molar-refractivity contribution is -0.138. The van der Waals surface area contributed by atoms with Crippen molar-refractivity contribution in [3.8, 4) is 0 Å². The molecule has 0 rings (SSSR count). The van der Waals surface area contributed by atoms with E-state index >= 15 is 0 Å². The number of carboxylic acids is 1. The number of aliphatic carboxylic acids is 1. The fourth-order valence-electron chi connectivity index (χ4n) is 0.548. The van der Waals surface area contributed by atoms with Gasteiger partial charge in [0.1, 0.15) is 7.85 Å². The van der Waals surface area contributed by atoms with Crippen LogP contribution in [0.25, 0.3) is 0 Å². The van der Waals surface area contributed by atoms with Crippen molar-refractivity contribution in [2.45, 2.75) is 11.9 Å². The second kappa shape index (κ2) is 5.32. The monoisotopic (exact) mass is 182 g/mol. The fourth-order valence-corrected chi connectivity index (χ4v) is 0.960. The van der Waals surface area contributed by atoms with E-state index < -0.39 is 17.9 Å². The van der Waals surface area contributed by atoms with Gasteiger partial charge in [0.2, 0.25) is 0 Å². The third-order valence-corrected chi connectivity index (χ3v) is 1.73. The summed E-state index contributed by atoms with van der Waals surface area (Å²) in [6, 6.07) is 0. The van der Waals surface area contributed by atoms with Crippen LogP contribution < -0.4 is 0 Å². The smallest absolute Gasteiger partial charge is 0.300 e. The van der Waals surface area contributed by atoms with Gasteiger partial charge in [0.15, 0.2) is 0 Å². The molecule has 0 aromatic carbocycles. The minimum atomic E-state index is -1.37. The van der Waals surface area contributed by atoms with Crippen molar-refractivity contribution in [3.63, 3.8) is 0 Å². The third kappa shape index (κ3) is 3.36. The summed E-state index contributed by atoms with van der Waals surface area (Å²) < 4.78 is 0. The summed E-state index contributed by atoms with van der Waals surface area (Å²) in [5.74, 6) is -2.65.